The van der Waals surface area contributed by atoms with Gasteiger partial charge in [-0.05, 0) is 33.1 Å². The van der Waals surface area contributed by atoms with Gasteiger partial charge in [-0.25, -0.2) is 0 Å². The van der Waals surface area contributed by atoms with Crippen molar-refractivity contribution in [2.24, 2.45) is 11.8 Å². The van der Waals surface area contributed by atoms with E-state index in [-0.39, 0.29) is 5.91 Å². The molecular formula is C13H19NO. The lowest BCUT2D eigenvalue weighted by Gasteiger charge is -2.22. The monoisotopic (exact) mass is 205 g/mol. The third-order valence-corrected chi connectivity index (χ3v) is 3.72. The van der Waals surface area contributed by atoms with Crippen LogP contribution in [0, 0.1) is 11.8 Å². The summed E-state index contributed by atoms with van der Waals surface area (Å²) in [6.07, 6.45) is 5.58. The topological polar surface area (TPSA) is 20.3 Å². The molecule has 0 saturated carbocycles. The van der Waals surface area contributed by atoms with E-state index in [1.165, 1.54) is 5.57 Å². The first kappa shape index (κ1) is 10.5. The summed E-state index contributed by atoms with van der Waals surface area (Å²) >= 11 is 0. The van der Waals surface area contributed by atoms with Gasteiger partial charge in [-0.3, -0.25) is 4.79 Å². The maximum absolute atomic E-state index is 12.2. The molecule has 0 aromatic heterocycles. The molecule has 0 saturated heterocycles. The number of hydrogen-bond donors (Lipinski definition) is 0. The number of carbonyl (C=O) groups excluding carboxylic acids is 1. The zero-order chi connectivity index (χ0) is 11.0. The minimum Gasteiger partial charge on any atom is -0.339 e. The highest BCUT2D eigenvalue weighted by molar-refractivity contribution is 5.96. The molecule has 0 spiro atoms. The summed E-state index contributed by atoms with van der Waals surface area (Å²) in [5.74, 6) is 1.21. The number of amides is 1. The lowest BCUT2D eigenvalue weighted by atomic mass is 9.97. The molecule has 15 heavy (non-hydrogen) atoms. The van der Waals surface area contributed by atoms with Crippen LogP contribution in [0.15, 0.2) is 23.3 Å². The fourth-order valence-corrected chi connectivity index (χ4v) is 2.73. The van der Waals surface area contributed by atoms with Crippen molar-refractivity contribution in [3.63, 3.8) is 0 Å². The van der Waals surface area contributed by atoms with E-state index in [1.54, 1.807) is 0 Å². The lowest BCUT2D eigenvalue weighted by Crippen LogP contribution is -2.33. The highest BCUT2D eigenvalue weighted by Gasteiger charge is 2.37. The van der Waals surface area contributed by atoms with Crippen LogP contribution in [0.25, 0.3) is 0 Å². The number of likely N-dealkylation sites (N-methyl/N-ethyl adjacent to an activating group) is 1. The molecule has 2 aliphatic carbocycles. The molecule has 0 heterocycles. The van der Waals surface area contributed by atoms with Gasteiger partial charge in [-0.15, -0.1) is 0 Å². The van der Waals surface area contributed by atoms with Crippen LogP contribution < -0.4 is 0 Å². The highest BCUT2D eigenvalue weighted by atomic mass is 16.2. The van der Waals surface area contributed by atoms with Crippen molar-refractivity contribution in [1.82, 2.24) is 4.90 Å². The Morgan fingerprint density at radius 3 is 2.40 bits per heavy atom. The van der Waals surface area contributed by atoms with Crippen LogP contribution in [0.5, 0.6) is 0 Å². The molecule has 0 fully saturated rings. The zero-order valence-electron chi connectivity index (χ0n) is 9.79. The Kier molecular flexibility index (Phi) is 2.68. The molecule has 2 unspecified atom stereocenters. The summed E-state index contributed by atoms with van der Waals surface area (Å²) in [5, 5.41) is 0. The van der Waals surface area contributed by atoms with Gasteiger partial charge in [0.05, 0.1) is 0 Å². The molecule has 2 nitrogen and oxygen atoms in total. The van der Waals surface area contributed by atoms with Gasteiger partial charge in [-0.2, -0.15) is 0 Å². The summed E-state index contributed by atoms with van der Waals surface area (Å²) in [6, 6.07) is 0. The zero-order valence-corrected chi connectivity index (χ0v) is 9.79. The molecule has 2 bridgehead atoms. The largest absolute Gasteiger partial charge is 0.339 e. The molecular weight excluding hydrogens is 186 g/mol. The number of nitrogens with zero attached hydrogens (tertiary/aromatic N) is 1. The third kappa shape index (κ3) is 1.52. The van der Waals surface area contributed by atoms with E-state index in [1.807, 2.05) is 18.7 Å². The smallest absolute Gasteiger partial charge is 0.250 e. The highest BCUT2D eigenvalue weighted by Crippen LogP contribution is 2.44. The maximum Gasteiger partial charge on any atom is 0.250 e. The standard InChI is InChI=1S/C13H19NO/c1-4-14(5-2)13(15)12-9(3)10-6-7-11(12)8-10/h6-7,10-11H,4-5,8H2,1-3H3. The third-order valence-electron chi connectivity index (χ3n) is 3.72. The first-order valence-electron chi connectivity index (χ1n) is 5.87. The van der Waals surface area contributed by atoms with Crippen molar-refractivity contribution in [2.45, 2.75) is 27.2 Å². The second-order valence-corrected chi connectivity index (χ2v) is 4.41. The van der Waals surface area contributed by atoms with Gasteiger partial charge in [0.1, 0.15) is 0 Å². The molecule has 2 heteroatoms. The SMILES string of the molecule is CCN(CC)C(=O)C1=C(C)C2C=CC1C2. The van der Waals surface area contributed by atoms with Crippen LogP contribution in [0.1, 0.15) is 27.2 Å². The van der Waals surface area contributed by atoms with E-state index >= 15 is 0 Å². The van der Waals surface area contributed by atoms with Crippen molar-refractivity contribution in [2.75, 3.05) is 13.1 Å². The van der Waals surface area contributed by atoms with Crippen LogP contribution in [-0.2, 0) is 4.79 Å². The fraction of sp³-hybridized carbons (Fsp3) is 0.615. The van der Waals surface area contributed by atoms with Crippen LogP contribution >= 0.6 is 0 Å². The average molecular weight is 205 g/mol. The Balaban J connectivity index is 2.21. The van der Waals surface area contributed by atoms with Gasteiger partial charge in [0.2, 0.25) is 5.91 Å². The molecule has 0 aromatic rings. The normalized spacial score (nSPS) is 27.7. The minimum absolute atomic E-state index is 0.259. The number of carbonyl (C=O) groups is 1. The van der Waals surface area contributed by atoms with Crippen LogP contribution in [0.4, 0.5) is 0 Å². The quantitative estimate of drug-likeness (QED) is 0.648. The first-order chi connectivity index (χ1) is 7.19. The van der Waals surface area contributed by atoms with Gasteiger partial charge >= 0.3 is 0 Å². The van der Waals surface area contributed by atoms with E-state index in [4.69, 9.17) is 0 Å². The van der Waals surface area contributed by atoms with Crippen LogP contribution in [0.2, 0.25) is 0 Å². The summed E-state index contributed by atoms with van der Waals surface area (Å²) in [6.45, 7) is 7.83. The van der Waals surface area contributed by atoms with Crippen molar-refractivity contribution >= 4 is 5.91 Å². The molecule has 1 amide bonds. The average Bonchev–Trinajstić information content (AvgIpc) is 2.79. The second-order valence-electron chi connectivity index (χ2n) is 4.41. The summed E-state index contributed by atoms with van der Waals surface area (Å²) in [4.78, 5) is 14.2. The van der Waals surface area contributed by atoms with Crippen molar-refractivity contribution < 1.29 is 4.79 Å². The van der Waals surface area contributed by atoms with E-state index < -0.39 is 0 Å². The Hall–Kier alpha value is -1.05. The number of allylic oxidation sites excluding steroid dienone is 3. The lowest BCUT2D eigenvalue weighted by molar-refractivity contribution is -0.127. The Morgan fingerprint density at radius 2 is 1.93 bits per heavy atom. The molecule has 2 rings (SSSR count). The fourth-order valence-electron chi connectivity index (χ4n) is 2.73. The Bertz CT molecular complexity index is 336. The molecule has 82 valence electrons. The minimum atomic E-state index is 0.259. The predicted octanol–water partition coefficient (Wildman–Crippen LogP) is 2.38. The van der Waals surface area contributed by atoms with Crippen molar-refractivity contribution in [1.29, 1.82) is 0 Å². The van der Waals surface area contributed by atoms with Gasteiger partial charge in [0.15, 0.2) is 0 Å². The molecule has 0 N–H and O–H groups in total. The second kappa shape index (κ2) is 3.84. The Morgan fingerprint density at radius 1 is 1.33 bits per heavy atom. The van der Waals surface area contributed by atoms with E-state index in [9.17, 15) is 4.79 Å². The number of fused-ring (bicyclic) bond motifs is 2. The molecule has 0 radical (unpaired) electrons. The summed E-state index contributed by atoms with van der Waals surface area (Å²) in [5.41, 5.74) is 2.38. The van der Waals surface area contributed by atoms with E-state index in [0.29, 0.717) is 11.8 Å². The molecule has 2 aliphatic rings. The molecule has 2 atom stereocenters. The van der Waals surface area contributed by atoms with Crippen LogP contribution in [-0.4, -0.2) is 23.9 Å². The van der Waals surface area contributed by atoms with Gasteiger partial charge in [0.25, 0.3) is 0 Å². The Labute approximate surface area is 91.6 Å². The van der Waals surface area contributed by atoms with Crippen molar-refractivity contribution in [3.05, 3.63) is 23.3 Å². The molecule has 0 aliphatic heterocycles. The van der Waals surface area contributed by atoms with E-state index in [0.717, 1.165) is 25.1 Å². The maximum atomic E-state index is 12.2. The number of hydrogen-bond acceptors (Lipinski definition) is 1. The number of rotatable bonds is 3. The molecule has 0 aromatic carbocycles. The van der Waals surface area contributed by atoms with Crippen LogP contribution in [0.3, 0.4) is 0 Å². The van der Waals surface area contributed by atoms with Crippen molar-refractivity contribution in [3.8, 4) is 0 Å². The van der Waals surface area contributed by atoms with E-state index in [2.05, 4.69) is 19.1 Å². The first-order valence-corrected chi connectivity index (χ1v) is 5.87. The summed E-state index contributed by atoms with van der Waals surface area (Å²) in [7, 11) is 0. The van der Waals surface area contributed by atoms with Gasteiger partial charge in [0, 0.05) is 24.6 Å². The van der Waals surface area contributed by atoms with Gasteiger partial charge < -0.3 is 4.90 Å². The summed E-state index contributed by atoms with van der Waals surface area (Å²) < 4.78 is 0. The van der Waals surface area contributed by atoms with Gasteiger partial charge in [-0.1, -0.05) is 17.7 Å². The predicted molar refractivity (Wildman–Crippen MR) is 61.4 cm³/mol.